The molecule has 1 fully saturated rings. The van der Waals surface area contributed by atoms with Gasteiger partial charge >= 0.3 is 0 Å². The lowest BCUT2D eigenvalue weighted by molar-refractivity contribution is -0.127. The zero-order valence-corrected chi connectivity index (χ0v) is 16.4. The smallest absolute Gasteiger partial charge is 0.294 e. The number of imide groups is 1. The van der Waals surface area contributed by atoms with E-state index in [1.54, 1.807) is 6.92 Å². The summed E-state index contributed by atoms with van der Waals surface area (Å²) in [7, 11) is 0. The molecule has 3 rings (SSSR count). The molecule has 9 heteroatoms. The maximum atomic E-state index is 13.7. The van der Waals surface area contributed by atoms with Gasteiger partial charge in [0.05, 0.1) is 10.6 Å². The van der Waals surface area contributed by atoms with Crippen LogP contribution in [0.4, 0.5) is 23.7 Å². The topological polar surface area (TPSA) is 66.5 Å². The number of hydrogen-bond acceptors (Lipinski definition) is 4. The van der Waals surface area contributed by atoms with Gasteiger partial charge in [0, 0.05) is 0 Å². The summed E-state index contributed by atoms with van der Waals surface area (Å²) in [5.74, 6) is -6.31. The first-order valence-corrected chi connectivity index (χ1v) is 9.50. The van der Waals surface area contributed by atoms with E-state index in [1.807, 2.05) is 41.7 Å². The Morgan fingerprint density at radius 3 is 2.47 bits per heavy atom. The Balaban J connectivity index is 1.70. The minimum absolute atomic E-state index is 0.136. The first kappa shape index (κ1) is 21.4. The van der Waals surface area contributed by atoms with E-state index >= 15 is 0 Å². The quantitative estimate of drug-likeness (QED) is 0.548. The molecule has 1 aliphatic rings. The Bertz CT molecular complexity index is 1080. The molecule has 0 aliphatic carbocycles. The van der Waals surface area contributed by atoms with Gasteiger partial charge in [-0.05, 0) is 48.0 Å². The summed E-state index contributed by atoms with van der Waals surface area (Å²) in [5, 5.41) is 1.36. The van der Waals surface area contributed by atoms with Crippen molar-refractivity contribution in [3.63, 3.8) is 0 Å². The number of amides is 3. The third-order valence-electron chi connectivity index (χ3n) is 4.04. The van der Waals surface area contributed by atoms with E-state index in [0.29, 0.717) is 22.7 Å². The Labute approximate surface area is 174 Å². The van der Waals surface area contributed by atoms with E-state index in [1.165, 1.54) is 6.08 Å². The molecular weight excluding hydrogens is 417 g/mol. The van der Waals surface area contributed by atoms with Crippen LogP contribution in [-0.4, -0.2) is 28.5 Å². The molecule has 3 amide bonds. The maximum Gasteiger partial charge on any atom is 0.294 e. The zero-order chi connectivity index (χ0) is 21.8. The fourth-order valence-corrected chi connectivity index (χ4v) is 3.54. The third kappa shape index (κ3) is 4.80. The molecule has 30 heavy (non-hydrogen) atoms. The van der Waals surface area contributed by atoms with Gasteiger partial charge in [-0.1, -0.05) is 36.4 Å². The van der Waals surface area contributed by atoms with Crippen LogP contribution in [0, 0.1) is 17.5 Å². The van der Waals surface area contributed by atoms with Crippen molar-refractivity contribution >= 4 is 40.6 Å². The van der Waals surface area contributed by atoms with Crippen molar-refractivity contribution in [2.24, 2.45) is 0 Å². The summed E-state index contributed by atoms with van der Waals surface area (Å²) in [5.41, 5.74) is 1.04. The monoisotopic (exact) mass is 432 g/mol. The van der Waals surface area contributed by atoms with E-state index in [0.717, 1.165) is 17.2 Å². The number of benzene rings is 2. The van der Waals surface area contributed by atoms with Crippen LogP contribution in [0.2, 0.25) is 0 Å². The number of carbonyl (C=O) groups excluding carboxylic acids is 3. The van der Waals surface area contributed by atoms with Crippen molar-refractivity contribution in [2.45, 2.75) is 6.92 Å². The van der Waals surface area contributed by atoms with Crippen LogP contribution in [0.3, 0.4) is 0 Å². The Hall–Kier alpha value is -3.33. The molecule has 1 aliphatic heterocycles. The molecule has 0 aromatic heterocycles. The summed E-state index contributed by atoms with van der Waals surface area (Å²) >= 11 is 0.671. The molecule has 1 saturated heterocycles. The van der Waals surface area contributed by atoms with Crippen molar-refractivity contribution < 1.29 is 27.6 Å². The van der Waals surface area contributed by atoms with E-state index in [9.17, 15) is 27.6 Å². The van der Waals surface area contributed by atoms with Gasteiger partial charge in [0.1, 0.15) is 6.54 Å². The van der Waals surface area contributed by atoms with Crippen LogP contribution in [-0.2, 0) is 9.59 Å². The first-order chi connectivity index (χ1) is 14.3. The molecule has 0 spiro atoms. The van der Waals surface area contributed by atoms with Crippen LogP contribution in [0.1, 0.15) is 12.5 Å². The highest BCUT2D eigenvalue weighted by Crippen LogP contribution is 2.31. The molecule has 0 radical (unpaired) electrons. The Morgan fingerprint density at radius 2 is 1.77 bits per heavy atom. The SMILES string of the molecule is CC(=C\c1ccccc1)/C=C1/SC(=O)N(CC(=O)Nc2ccc(F)c(F)c2F)C1=O. The van der Waals surface area contributed by atoms with Crippen molar-refractivity contribution in [1.29, 1.82) is 0 Å². The first-order valence-electron chi connectivity index (χ1n) is 8.68. The molecule has 154 valence electrons. The number of nitrogens with one attached hydrogen (secondary N) is 1. The highest BCUT2D eigenvalue weighted by molar-refractivity contribution is 8.18. The molecule has 1 heterocycles. The minimum atomic E-state index is -1.73. The second-order valence-corrected chi connectivity index (χ2v) is 7.33. The van der Waals surface area contributed by atoms with Crippen molar-refractivity contribution in [2.75, 3.05) is 11.9 Å². The number of rotatable bonds is 5. The van der Waals surface area contributed by atoms with Gasteiger partial charge in [0.15, 0.2) is 17.5 Å². The van der Waals surface area contributed by atoms with E-state index < -0.39 is 46.7 Å². The van der Waals surface area contributed by atoms with Crippen LogP contribution < -0.4 is 5.32 Å². The number of halogens is 3. The average Bonchev–Trinajstić information content (AvgIpc) is 2.96. The molecule has 0 bridgehead atoms. The second-order valence-electron chi connectivity index (χ2n) is 6.34. The van der Waals surface area contributed by atoms with Crippen molar-refractivity contribution in [3.8, 4) is 0 Å². The number of thioether (sulfide) groups is 1. The lowest BCUT2D eigenvalue weighted by Gasteiger charge is -2.13. The van der Waals surface area contributed by atoms with Crippen molar-refractivity contribution in [3.05, 3.63) is 82.0 Å². The third-order valence-corrected chi connectivity index (χ3v) is 4.94. The molecule has 1 N–H and O–H groups in total. The lowest BCUT2D eigenvalue weighted by atomic mass is 10.1. The molecule has 0 atom stereocenters. The number of nitrogens with zero attached hydrogens (tertiary/aromatic N) is 1. The fraction of sp³-hybridized carbons (Fsp3) is 0.0952. The van der Waals surface area contributed by atoms with E-state index in [4.69, 9.17) is 0 Å². The predicted molar refractivity (Wildman–Crippen MR) is 108 cm³/mol. The minimum Gasteiger partial charge on any atom is -0.322 e. The Kier molecular flexibility index (Phi) is 6.41. The highest BCUT2D eigenvalue weighted by Gasteiger charge is 2.36. The summed E-state index contributed by atoms with van der Waals surface area (Å²) in [6, 6.07) is 10.9. The average molecular weight is 432 g/mol. The Morgan fingerprint density at radius 1 is 1.07 bits per heavy atom. The van der Waals surface area contributed by atoms with E-state index in [-0.39, 0.29) is 4.91 Å². The lowest BCUT2D eigenvalue weighted by Crippen LogP contribution is -2.36. The zero-order valence-electron chi connectivity index (χ0n) is 15.6. The van der Waals surface area contributed by atoms with Crippen LogP contribution in [0.5, 0.6) is 0 Å². The van der Waals surface area contributed by atoms with Gasteiger partial charge in [-0.15, -0.1) is 0 Å². The highest BCUT2D eigenvalue weighted by atomic mass is 32.2. The van der Waals surface area contributed by atoms with Crippen LogP contribution in [0.25, 0.3) is 6.08 Å². The summed E-state index contributed by atoms with van der Waals surface area (Å²) in [6.07, 6.45) is 3.36. The molecule has 2 aromatic rings. The number of anilines is 1. The van der Waals surface area contributed by atoms with E-state index in [2.05, 4.69) is 0 Å². The predicted octanol–water partition coefficient (Wildman–Crippen LogP) is 4.73. The van der Waals surface area contributed by atoms with Gasteiger partial charge < -0.3 is 5.32 Å². The molecule has 5 nitrogen and oxygen atoms in total. The van der Waals surface area contributed by atoms with Crippen LogP contribution >= 0.6 is 11.8 Å². The molecule has 2 aromatic carbocycles. The fourth-order valence-electron chi connectivity index (χ4n) is 2.65. The van der Waals surface area contributed by atoms with Crippen molar-refractivity contribution in [1.82, 2.24) is 4.90 Å². The largest absolute Gasteiger partial charge is 0.322 e. The summed E-state index contributed by atoms with van der Waals surface area (Å²) in [6.45, 7) is 1.07. The number of allylic oxidation sites excluding steroid dienone is 2. The van der Waals surface area contributed by atoms with Gasteiger partial charge in [0.25, 0.3) is 11.1 Å². The number of carbonyl (C=O) groups is 3. The maximum absolute atomic E-state index is 13.7. The van der Waals surface area contributed by atoms with Gasteiger partial charge in [-0.2, -0.15) is 0 Å². The van der Waals surface area contributed by atoms with Crippen LogP contribution in [0.15, 0.2) is 59.0 Å². The molecule has 0 unspecified atom stereocenters. The second kappa shape index (κ2) is 9.00. The normalized spacial score (nSPS) is 15.8. The number of hydrogen-bond donors (Lipinski definition) is 1. The molecule has 0 saturated carbocycles. The van der Waals surface area contributed by atoms with Gasteiger partial charge in [-0.3, -0.25) is 19.3 Å². The standard InChI is InChI=1S/C21H15F3N2O3S/c1-12(9-13-5-3-2-4-6-13)10-16-20(28)26(21(29)30-16)11-17(27)25-15-8-7-14(22)18(23)19(15)24/h2-10H,11H2,1H3,(H,25,27)/b12-9+,16-10+. The molecular formula is C21H15F3N2O3S. The van der Waals surface area contributed by atoms with Gasteiger partial charge in [0.2, 0.25) is 5.91 Å². The summed E-state index contributed by atoms with van der Waals surface area (Å²) in [4.78, 5) is 37.5. The summed E-state index contributed by atoms with van der Waals surface area (Å²) < 4.78 is 39.9. The van der Waals surface area contributed by atoms with Gasteiger partial charge in [-0.25, -0.2) is 13.2 Å².